The molecule has 2 aromatic carbocycles. The topological polar surface area (TPSA) is 65.1 Å². The van der Waals surface area contributed by atoms with E-state index >= 15 is 0 Å². The van der Waals surface area contributed by atoms with Crippen molar-refractivity contribution in [3.63, 3.8) is 0 Å². The molecule has 3 aromatic heterocycles. The van der Waals surface area contributed by atoms with E-state index in [1.54, 1.807) is 12.1 Å². The van der Waals surface area contributed by atoms with Gasteiger partial charge in [-0.05, 0) is 35.6 Å². The van der Waals surface area contributed by atoms with E-state index in [4.69, 9.17) is 16.6 Å². The Morgan fingerprint density at radius 3 is 2.33 bits per heavy atom. The first-order valence-electron chi connectivity index (χ1n) is 11.0. The highest BCUT2D eigenvalue weighted by Gasteiger charge is 2.26. The maximum absolute atomic E-state index is 13.6. The average molecular weight is 524 g/mol. The minimum absolute atomic E-state index is 0.0708. The van der Waals surface area contributed by atoms with Crippen molar-refractivity contribution in [2.75, 3.05) is 6.26 Å². The molecule has 0 saturated carbocycles. The molecule has 0 aliphatic heterocycles. The summed E-state index contributed by atoms with van der Waals surface area (Å²) in [5, 5.41) is 5.76. The number of hydrogen-bond donors (Lipinski definition) is 0. The molecule has 182 valence electrons. The Morgan fingerprint density at radius 2 is 1.72 bits per heavy atom. The number of alkyl halides is 2. The minimum Gasteiger partial charge on any atom is -0.255 e. The lowest BCUT2D eigenvalue weighted by Crippen LogP contribution is -2.23. The molecule has 0 saturated heterocycles. The lowest BCUT2D eigenvalue weighted by atomic mass is 10.0. The Kier molecular flexibility index (Phi) is 6.36. The van der Waals surface area contributed by atoms with Crippen molar-refractivity contribution in [1.29, 1.82) is 0 Å². The van der Waals surface area contributed by atoms with Gasteiger partial charge in [0.15, 0.2) is 10.8 Å². The first-order chi connectivity index (χ1) is 17.3. The molecule has 0 amide bonds. The van der Waals surface area contributed by atoms with Gasteiger partial charge in [0.1, 0.15) is 5.69 Å². The molecular formula is C26H20ClF2N5OS. The largest absolute Gasteiger partial charge is 0.352 e. The van der Waals surface area contributed by atoms with E-state index in [9.17, 15) is 13.6 Å². The summed E-state index contributed by atoms with van der Waals surface area (Å²) < 4.78 is 29.9. The molecular weight excluding hydrogens is 504 g/mol. The van der Waals surface area contributed by atoms with Gasteiger partial charge >= 0.3 is 5.69 Å². The Balaban J connectivity index is 1.72. The van der Waals surface area contributed by atoms with Gasteiger partial charge in [0.2, 0.25) is 0 Å². The fourth-order valence-corrected chi connectivity index (χ4v) is 4.58. The van der Waals surface area contributed by atoms with E-state index in [0.29, 0.717) is 32.6 Å². The summed E-state index contributed by atoms with van der Waals surface area (Å²) >= 11 is 7.44. The Bertz CT molecular complexity index is 1600. The van der Waals surface area contributed by atoms with Gasteiger partial charge in [-0.25, -0.2) is 18.9 Å². The number of benzene rings is 2. The van der Waals surface area contributed by atoms with Gasteiger partial charge in [0.25, 0.3) is 5.92 Å². The van der Waals surface area contributed by atoms with Crippen LogP contribution < -0.4 is 5.69 Å². The van der Waals surface area contributed by atoms with Crippen molar-refractivity contribution >= 4 is 29.0 Å². The van der Waals surface area contributed by atoms with Crippen molar-refractivity contribution in [1.82, 2.24) is 24.1 Å². The first kappa shape index (κ1) is 24.1. The van der Waals surface area contributed by atoms with Gasteiger partial charge < -0.3 is 0 Å². The van der Waals surface area contributed by atoms with Crippen molar-refractivity contribution in [2.45, 2.75) is 24.5 Å². The number of rotatable bonds is 6. The van der Waals surface area contributed by atoms with Crippen LogP contribution in [0.5, 0.6) is 0 Å². The second kappa shape index (κ2) is 9.48. The van der Waals surface area contributed by atoms with Crippen LogP contribution in [0, 0.1) is 0 Å². The highest BCUT2D eigenvalue weighted by atomic mass is 35.5. The molecule has 6 nitrogen and oxygen atoms in total. The molecule has 0 bridgehead atoms. The third-order valence-corrected chi connectivity index (χ3v) is 6.56. The molecule has 0 fully saturated rings. The van der Waals surface area contributed by atoms with Gasteiger partial charge in [-0.2, -0.15) is 8.78 Å². The number of fused-ring (bicyclic) bond motifs is 1. The lowest BCUT2D eigenvalue weighted by molar-refractivity contribution is 0.0127. The monoisotopic (exact) mass is 523 g/mol. The fourth-order valence-electron chi connectivity index (χ4n) is 3.93. The van der Waals surface area contributed by atoms with Crippen LogP contribution in [0.2, 0.25) is 5.02 Å². The normalized spacial score (nSPS) is 11.8. The maximum atomic E-state index is 13.6. The molecule has 0 aliphatic carbocycles. The van der Waals surface area contributed by atoms with E-state index in [1.807, 2.05) is 48.7 Å². The molecule has 0 radical (unpaired) electrons. The number of hydrogen-bond acceptors (Lipinski definition) is 5. The van der Waals surface area contributed by atoms with Crippen LogP contribution in [0.15, 0.2) is 82.9 Å². The lowest BCUT2D eigenvalue weighted by Gasteiger charge is -2.13. The Labute approximate surface area is 214 Å². The quantitative estimate of drug-likeness (QED) is 0.197. The molecule has 0 spiro atoms. The van der Waals surface area contributed by atoms with Crippen molar-refractivity contribution < 1.29 is 8.78 Å². The predicted octanol–water partition coefficient (Wildman–Crippen LogP) is 6.16. The average Bonchev–Trinajstić information content (AvgIpc) is 3.19. The number of halogens is 3. The van der Waals surface area contributed by atoms with Crippen LogP contribution in [0.1, 0.15) is 18.2 Å². The van der Waals surface area contributed by atoms with Crippen LogP contribution in [0.4, 0.5) is 8.78 Å². The van der Waals surface area contributed by atoms with E-state index in [0.717, 1.165) is 18.1 Å². The van der Waals surface area contributed by atoms with Gasteiger partial charge in [0, 0.05) is 23.7 Å². The van der Waals surface area contributed by atoms with Crippen molar-refractivity contribution in [3.05, 3.63) is 99.7 Å². The standard InChI is InChI=1S/C26H20ClF2N5OS/c1-26(28,29)20-13-8-16(14-30-20)15-33-25(35)34-23(32-33)21(17-6-4-3-5-7-17)22(31-24(34)36-2)18-9-11-19(27)12-10-18/h3-14H,15H2,1-2H3. The zero-order valence-electron chi connectivity index (χ0n) is 19.3. The first-order valence-corrected chi connectivity index (χ1v) is 12.6. The summed E-state index contributed by atoms with van der Waals surface area (Å²) in [7, 11) is 0. The molecule has 0 unspecified atom stereocenters. The van der Waals surface area contributed by atoms with Gasteiger partial charge in [-0.3, -0.25) is 4.98 Å². The summed E-state index contributed by atoms with van der Waals surface area (Å²) in [4.78, 5) is 22.2. The summed E-state index contributed by atoms with van der Waals surface area (Å²) in [6.07, 6.45) is 3.18. The van der Waals surface area contributed by atoms with Crippen molar-refractivity contribution in [2.24, 2.45) is 0 Å². The van der Waals surface area contributed by atoms with Crippen LogP contribution in [0.3, 0.4) is 0 Å². The van der Waals surface area contributed by atoms with E-state index in [2.05, 4.69) is 10.1 Å². The van der Waals surface area contributed by atoms with Gasteiger partial charge in [-0.15, -0.1) is 5.10 Å². The molecule has 5 aromatic rings. The second-order valence-electron chi connectivity index (χ2n) is 8.23. The molecule has 5 rings (SSSR count). The Morgan fingerprint density at radius 1 is 1.00 bits per heavy atom. The van der Waals surface area contributed by atoms with E-state index < -0.39 is 5.92 Å². The summed E-state index contributed by atoms with van der Waals surface area (Å²) in [5.74, 6) is -3.04. The zero-order valence-corrected chi connectivity index (χ0v) is 20.9. The molecule has 0 atom stereocenters. The van der Waals surface area contributed by atoms with Crippen LogP contribution >= 0.6 is 23.4 Å². The number of nitrogens with zero attached hydrogens (tertiary/aromatic N) is 5. The maximum Gasteiger partial charge on any atom is 0.352 e. The van der Waals surface area contributed by atoms with Crippen LogP contribution in [0.25, 0.3) is 28.0 Å². The zero-order chi connectivity index (χ0) is 25.4. The molecule has 3 heterocycles. The fraction of sp³-hybridized carbons (Fsp3) is 0.154. The summed E-state index contributed by atoms with van der Waals surface area (Å²) in [6, 6.07) is 19.7. The highest BCUT2D eigenvalue weighted by molar-refractivity contribution is 7.98. The van der Waals surface area contributed by atoms with Gasteiger partial charge in [0.05, 0.1) is 17.8 Å². The SMILES string of the molecule is CSc1nc(-c2ccc(Cl)cc2)c(-c2ccccc2)c2nn(Cc3ccc(C(C)(F)F)nc3)c(=O)n12. The predicted molar refractivity (Wildman–Crippen MR) is 138 cm³/mol. The van der Waals surface area contributed by atoms with Crippen molar-refractivity contribution in [3.8, 4) is 22.4 Å². The van der Waals surface area contributed by atoms with E-state index in [-0.39, 0.29) is 17.9 Å². The third-order valence-electron chi connectivity index (χ3n) is 5.67. The van der Waals surface area contributed by atoms with E-state index in [1.165, 1.54) is 39.2 Å². The number of pyridine rings is 1. The third kappa shape index (κ3) is 4.52. The second-order valence-corrected chi connectivity index (χ2v) is 9.44. The van der Waals surface area contributed by atoms with Crippen LogP contribution in [-0.4, -0.2) is 30.4 Å². The summed E-state index contributed by atoms with van der Waals surface area (Å²) in [5.41, 5.74) is 3.35. The number of thioether (sulfide) groups is 1. The molecule has 0 N–H and O–H groups in total. The Hall–Kier alpha value is -3.56. The van der Waals surface area contributed by atoms with Crippen LogP contribution in [-0.2, 0) is 12.5 Å². The summed E-state index contributed by atoms with van der Waals surface area (Å²) in [6.45, 7) is 0.864. The highest BCUT2D eigenvalue weighted by Crippen LogP contribution is 2.35. The molecule has 10 heteroatoms. The minimum atomic E-state index is -3.04. The molecule has 0 aliphatic rings. The molecule has 36 heavy (non-hydrogen) atoms. The van der Waals surface area contributed by atoms with Gasteiger partial charge in [-0.1, -0.05) is 71.9 Å². The smallest absolute Gasteiger partial charge is 0.255 e. The number of aromatic nitrogens is 5.